The van der Waals surface area contributed by atoms with Gasteiger partial charge in [-0.15, -0.1) is 0 Å². The van der Waals surface area contributed by atoms with Crippen LogP contribution in [0.3, 0.4) is 0 Å². The average Bonchev–Trinajstić information content (AvgIpc) is 2.64. The monoisotopic (exact) mass is 457 g/mol. The summed E-state index contributed by atoms with van der Waals surface area (Å²) in [6, 6.07) is 16.9. The third-order valence-electron chi connectivity index (χ3n) is 4.22. The Balaban J connectivity index is 2.27. The van der Waals surface area contributed by atoms with Gasteiger partial charge in [0, 0.05) is 22.4 Å². The summed E-state index contributed by atoms with van der Waals surface area (Å²) in [5.41, 5.74) is 1.54. The smallest absolute Gasteiger partial charge is 0.0791 e. The molecule has 0 saturated carbocycles. The van der Waals surface area contributed by atoms with Gasteiger partial charge in [0.2, 0.25) is 0 Å². The summed E-state index contributed by atoms with van der Waals surface area (Å²) in [6.07, 6.45) is 0. The van der Waals surface area contributed by atoms with Crippen LogP contribution in [0.2, 0.25) is 30.1 Å². The third-order valence-corrected chi connectivity index (χ3v) is 6.78. The maximum absolute atomic E-state index is 6.60. The summed E-state index contributed by atoms with van der Waals surface area (Å²) < 4.78 is 0. The number of halogens is 6. The minimum absolute atomic E-state index is 0.171. The predicted molar refractivity (Wildman–Crippen MR) is 116 cm³/mol. The first-order chi connectivity index (χ1) is 12.4. The van der Waals surface area contributed by atoms with Crippen LogP contribution in [-0.4, -0.2) is 0 Å². The lowest BCUT2D eigenvalue weighted by Crippen LogP contribution is -1.91. The molecular weight excluding hydrogens is 453 g/mol. The molecule has 4 aromatic carbocycles. The minimum Gasteiger partial charge on any atom is -0.0819 e. The predicted octanol–water partition coefficient (Wildman–Crippen LogP) is 9.38. The Morgan fingerprint density at radius 3 is 2.04 bits per heavy atom. The molecule has 0 aromatic heterocycles. The second-order valence-electron chi connectivity index (χ2n) is 5.66. The van der Waals surface area contributed by atoms with Crippen molar-refractivity contribution < 1.29 is 0 Å². The largest absolute Gasteiger partial charge is 0.0819 e. The van der Waals surface area contributed by atoms with E-state index in [4.69, 9.17) is 69.6 Å². The molecule has 0 aliphatic carbocycles. The summed E-state index contributed by atoms with van der Waals surface area (Å²) in [5.74, 6) is 0. The molecule has 0 aliphatic rings. The number of benzene rings is 4. The molecule has 0 aliphatic heterocycles. The molecule has 4 rings (SSSR count). The van der Waals surface area contributed by atoms with Crippen molar-refractivity contribution in [2.24, 2.45) is 0 Å². The molecule has 26 heavy (non-hydrogen) atoms. The molecule has 0 unspecified atom stereocenters. The Labute approximate surface area is 180 Å². The molecular formula is C20H7Cl6. The number of rotatable bonds is 1. The van der Waals surface area contributed by atoms with Gasteiger partial charge in [-0.05, 0) is 16.3 Å². The molecule has 129 valence electrons. The Morgan fingerprint density at radius 1 is 0.615 bits per heavy atom. The van der Waals surface area contributed by atoms with E-state index in [2.05, 4.69) is 6.07 Å². The maximum atomic E-state index is 6.60. The van der Waals surface area contributed by atoms with Crippen molar-refractivity contribution in [2.45, 2.75) is 0 Å². The molecule has 0 fully saturated rings. The number of hydrogen-bond donors (Lipinski definition) is 0. The van der Waals surface area contributed by atoms with Gasteiger partial charge in [-0.25, -0.2) is 0 Å². The van der Waals surface area contributed by atoms with E-state index in [1.54, 1.807) is 0 Å². The summed E-state index contributed by atoms with van der Waals surface area (Å²) >= 11 is 38.3. The summed E-state index contributed by atoms with van der Waals surface area (Å²) in [4.78, 5) is 0. The zero-order valence-electron chi connectivity index (χ0n) is 12.8. The highest BCUT2D eigenvalue weighted by molar-refractivity contribution is 6.56. The van der Waals surface area contributed by atoms with Gasteiger partial charge in [-0.2, -0.15) is 0 Å². The van der Waals surface area contributed by atoms with Gasteiger partial charge in [-0.1, -0.05) is 112 Å². The van der Waals surface area contributed by atoms with Crippen LogP contribution in [0.1, 0.15) is 0 Å². The molecule has 0 saturated heterocycles. The van der Waals surface area contributed by atoms with Gasteiger partial charge in [0.15, 0.2) is 0 Å². The van der Waals surface area contributed by atoms with Gasteiger partial charge < -0.3 is 0 Å². The summed E-state index contributed by atoms with van der Waals surface area (Å²) in [7, 11) is 0. The fourth-order valence-corrected chi connectivity index (χ4v) is 4.58. The Hall–Kier alpha value is -0.860. The summed E-state index contributed by atoms with van der Waals surface area (Å²) in [5, 5.41) is 4.43. The molecule has 0 spiro atoms. The highest BCUT2D eigenvalue weighted by Gasteiger charge is 2.23. The van der Waals surface area contributed by atoms with Crippen LogP contribution in [0.25, 0.3) is 32.7 Å². The number of fused-ring (bicyclic) bond motifs is 2. The van der Waals surface area contributed by atoms with Crippen molar-refractivity contribution in [3.05, 3.63) is 78.7 Å². The van der Waals surface area contributed by atoms with Crippen molar-refractivity contribution in [2.75, 3.05) is 0 Å². The fraction of sp³-hybridized carbons (Fsp3) is 0. The summed E-state index contributed by atoms with van der Waals surface area (Å²) in [6.45, 7) is 0. The first kappa shape index (κ1) is 18.5. The molecule has 4 aromatic rings. The zero-order chi connectivity index (χ0) is 18.6. The van der Waals surface area contributed by atoms with E-state index in [-0.39, 0.29) is 25.1 Å². The molecule has 0 nitrogen and oxygen atoms in total. The van der Waals surface area contributed by atoms with Crippen molar-refractivity contribution >= 4 is 91.2 Å². The van der Waals surface area contributed by atoms with Crippen LogP contribution in [0.4, 0.5) is 0 Å². The molecule has 0 heterocycles. The van der Waals surface area contributed by atoms with E-state index < -0.39 is 0 Å². The van der Waals surface area contributed by atoms with Crippen molar-refractivity contribution in [1.82, 2.24) is 0 Å². The van der Waals surface area contributed by atoms with Gasteiger partial charge in [0.25, 0.3) is 0 Å². The molecule has 0 atom stereocenters. The SMILES string of the molecule is Clc1[c]c2c(-c3cccc4ccccc34)c(Cl)c(Cl)c(Cl)c2c(Cl)c1Cl. The highest BCUT2D eigenvalue weighted by Crippen LogP contribution is 2.50. The van der Waals surface area contributed by atoms with Gasteiger partial charge >= 0.3 is 0 Å². The Morgan fingerprint density at radius 2 is 1.27 bits per heavy atom. The van der Waals surface area contributed by atoms with Crippen LogP contribution >= 0.6 is 69.6 Å². The first-order valence-corrected chi connectivity index (χ1v) is 9.72. The van der Waals surface area contributed by atoms with E-state index in [0.717, 1.165) is 16.3 Å². The molecule has 6 heteroatoms. The molecule has 0 N–H and O–H groups in total. The Kier molecular flexibility index (Phi) is 4.94. The van der Waals surface area contributed by atoms with Crippen molar-refractivity contribution in [3.63, 3.8) is 0 Å². The average molecular weight is 460 g/mol. The quantitative estimate of drug-likeness (QED) is 0.249. The van der Waals surface area contributed by atoms with Crippen LogP contribution in [-0.2, 0) is 0 Å². The lowest BCUT2D eigenvalue weighted by atomic mass is 9.93. The second-order valence-corrected chi connectivity index (χ2v) is 7.93. The van der Waals surface area contributed by atoms with Gasteiger partial charge in [-0.3, -0.25) is 0 Å². The first-order valence-electron chi connectivity index (χ1n) is 7.46. The topological polar surface area (TPSA) is 0 Å². The van der Waals surface area contributed by atoms with Crippen LogP contribution in [0.5, 0.6) is 0 Å². The normalized spacial score (nSPS) is 11.5. The number of hydrogen-bond acceptors (Lipinski definition) is 0. The zero-order valence-corrected chi connectivity index (χ0v) is 17.3. The molecule has 1 radical (unpaired) electrons. The third kappa shape index (κ3) is 2.76. The minimum atomic E-state index is 0.171. The standard InChI is InChI=1S/C20H7Cl6/c21-13-8-12-14(11-7-3-5-9-4-1-2-6-10(9)11)17(23)20(26)19(25)15(12)18(24)16(13)22/h1-7H. The van der Waals surface area contributed by atoms with E-state index in [9.17, 15) is 0 Å². The van der Waals surface area contributed by atoms with E-state index in [0.29, 0.717) is 21.4 Å². The highest BCUT2D eigenvalue weighted by atomic mass is 35.5. The maximum Gasteiger partial charge on any atom is 0.0791 e. The van der Waals surface area contributed by atoms with Gasteiger partial charge in [0.05, 0.1) is 30.1 Å². The van der Waals surface area contributed by atoms with Crippen LogP contribution in [0, 0.1) is 6.07 Å². The fourth-order valence-electron chi connectivity index (χ4n) is 3.06. The van der Waals surface area contributed by atoms with Gasteiger partial charge in [0.1, 0.15) is 0 Å². The Bertz CT molecular complexity index is 1180. The molecule has 0 amide bonds. The second kappa shape index (κ2) is 6.95. The van der Waals surface area contributed by atoms with E-state index in [1.807, 2.05) is 42.5 Å². The van der Waals surface area contributed by atoms with Crippen LogP contribution in [0.15, 0.2) is 42.5 Å². The lowest BCUT2D eigenvalue weighted by molar-refractivity contribution is 1.67. The van der Waals surface area contributed by atoms with Crippen LogP contribution < -0.4 is 0 Å². The van der Waals surface area contributed by atoms with E-state index in [1.165, 1.54) is 0 Å². The van der Waals surface area contributed by atoms with Crippen molar-refractivity contribution in [3.8, 4) is 11.1 Å². The van der Waals surface area contributed by atoms with E-state index >= 15 is 0 Å². The lowest BCUT2D eigenvalue weighted by Gasteiger charge is -2.17. The molecule has 0 bridgehead atoms. The van der Waals surface area contributed by atoms with Crippen molar-refractivity contribution in [1.29, 1.82) is 0 Å².